The van der Waals surface area contributed by atoms with Crippen LogP contribution in [0.3, 0.4) is 0 Å². The van der Waals surface area contributed by atoms with Crippen LogP contribution >= 0.6 is 0 Å². The molecule has 0 aromatic heterocycles. The summed E-state index contributed by atoms with van der Waals surface area (Å²) in [6, 6.07) is 10.7. The van der Waals surface area contributed by atoms with Crippen LogP contribution in [0.1, 0.15) is 18.1 Å². The fraction of sp³-hybridized carbons (Fsp3) is 0.364. The van der Waals surface area contributed by atoms with E-state index in [1.54, 1.807) is 0 Å². The van der Waals surface area contributed by atoms with Gasteiger partial charge in [-0.25, -0.2) is 0 Å². The topological polar surface area (TPSA) is 23.8 Å². The second kappa shape index (κ2) is 2.35. The van der Waals surface area contributed by atoms with E-state index in [0.29, 0.717) is 0 Å². The molecular formula is C11H11N. The number of nitrogens with zero attached hydrogens (tertiary/aromatic N) is 1. The lowest BCUT2D eigenvalue weighted by Crippen LogP contribution is -2.12. The molecule has 0 spiro atoms. The third-order valence-electron chi connectivity index (χ3n) is 2.55. The molecule has 0 atom stereocenters. The normalized spacial score (nSPS) is 18.3. The maximum absolute atomic E-state index is 8.95. The zero-order chi connectivity index (χ0) is 8.60. The lowest BCUT2D eigenvalue weighted by Gasteiger charge is -2.10. The highest BCUT2D eigenvalue weighted by molar-refractivity contribution is 5.36. The average Bonchev–Trinajstić information content (AvgIpc) is 2.42. The minimum atomic E-state index is -0.149. The van der Waals surface area contributed by atoms with Gasteiger partial charge in [-0.3, -0.25) is 0 Å². The third kappa shape index (κ3) is 1.00. The summed E-state index contributed by atoms with van der Waals surface area (Å²) in [5.41, 5.74) is 2.55. The monoisotopic (exact) mass is 157 g/mol. The SMILES string of the molecule is CC1(C#N)Cc2ccccc2C1. The summed E-state index contributed by atoms with van der Waals surface area (Å²) in [6.45, 7) is 2.03. The van der Waals surface area contributed by atoms with Gasteiger partial charge in [0.2, 0.25) is 0 Å². The average molecular weight is 157 g/mol. The molecule has 1 aromatic carbocycles. The number of fused-ring (bicyclic) bond motifs is 1. The summed E-state index contributed by atoms with van der Waals surface area (Å²) < 4.78 is 0. The van der Waals surface area contributed by atoms with Crippen LogP contribution in [-0.2, 0) is 12.8 Å². The summed E-state index contributed by atoms with van der Waals surface area (Å²) in [5.74, 6) is 0. The standard InChI is InChI=1S/C11H11N/c1-11(8-12)6-9-4-2-3-5-10(9)7-11/h2-5H,6-7H2,1H3. The third-order valence-corrected chi connectivity index (χ3v) is 2.55. The summed E-state index contributed by atoms with van der Waals surface area (Å²) in [5, 5.41) is 8.95. The Hall–Kier alpha value is -1.29. The Balaban J connectivity index is 2.41. The van der Waals surface area contributed by atoms with Crippen LogP contribution in [0.2, 0.25) is 0 Å². The summed E-state index contributed by atoms with van der Waals surface area (Å²) >= 11 is 0. The van der Waals surface area contributed by atoms with Crippen molar-refractivity contribution in [3.63, 3.8) is 0 Å². The van der Waals surface area contributed by atoms with Gasteiger partial charge in [-0.2, -0.15) is 5.26 Å². The number of hydrogen-bond donors (Lipinski definition) is 0. The molecule has 0 saturated heterocycles. The van der Waals surface area contributed by atoms with Crippen molar-refractivity contribution in [3.05, 3.63) is 35.4 Å². The van der Waals surface area contributed by atoms with Crippen molar-refractivity contribution in [2.75, 3.05) is 0 Å². The highest BCUT2D eigenvalue weighted by Crippen LogP contribution is 2.35. The second-order valence-corrected chi connectivity index (χ2v) is 3.79. The van der Waals surface area contributed by atoms with Crippen LogP contribution in [0.5, 0.6) is 0 Å². The van der Waals surface area contributed by atoms with Gasteiger partial charge in [0.15, 0.2) is 0 Å². The first-order valence-electron chi connectivity index (χ1n) is 4.22. The van der Waals surface area contributed by atoms with Gasteiger partial charge in [-0.05, 0) is 30.9 Å². The zero-order valence-electron chi connectivity index (χ0n) is 7.17. The first-order chi connectivity index (χ1) is 5.73. The van der Waals surface area contributed by atoms with Crippen molar-refractivity contribution in [2.45, 2.75) is 19.8 Å². The van der Waals surface area contributed by atoms with Gasteiger partial charge < -0.3 is 0 Å². The van der Waals surface area contributed by atoms with E-state index in [0.717, 1.165) is 12.8 Å². The quantitative estimate of drug-likeness (QED) is 0.567. The first kappa shape index (κ1) is 7.36. The lowest BCUT2D eigenvalue weighted by molar-refractivity contribution is 0.474. The maximum atomic E-state index is 8.95. The van der Waals surface area contributed by atoms with E-state index in [1.807, 2.05) is 19.1 Å². The predicted molar refractivity (Wildman–Crippen MR) is 47.6 cm³/mol. The van der Waals surface area contributed by atoms with Crippen molar-refractivity contribution in [1.82, 2.24) is 0 Å². The fourth-order valence-corrected chi connectivity index (χ4v) is 1.88. The van der Waals surface area contributed by atoms with Crippen molar-refractivity contribution in [2.24, 2.45) is 5.41 Å². The number of benzene rings is 1. The molecule has 0 saturated carbocycles. The van der Waals surface area contributed by atoms with Crippen LogP contribution < -0.4 is 0 Å². The molecular weight excluding hydrogens is 146 g/mol. The number of hydrogen-bond acceptors (Lipinski definition) is 1. The van der Waals surface area contributed by atoms with Crippen molar-refractivity contribution >= 4 is 0 Å². The highest BCUT2D eigenvalue weighted by Gasteiger charge is 2.32. The molecule has 0 heterocycles. The molecule has 0 amide bonds. The first-order valence-corrected chi connectivity index (χ1v) is 4.22. The van der Waals surface area contributed by atoms with Gasteiger partial charge in [0.25, 0.3) is 0 Å². The molecule has 12 heavy (non-hydrogen) atoms. The fourth-order valence-electron chi connectivity index (χ4n) is 1.88. The molecule has 1 aromatic rings. The molecule has 1 heteroatoms. The van der Waals surface area contributed by atoms with E-state index in [9.17, 15) is 0 Å². The molecule has 1 aliphatic carbocycles. The lowest BCUT2D eigenvalue weighted by atomic mass is 9.89. The largest absolute Gasteiger partial charge is 0.198 e. The number of nitriles is 1. The zero-order valence-corrected chi connectivity index (χ0v) is 7.17. The molecule has 0 bridgehead atoms. The molecule has 0 aliphatic heterocycles. The van der Waals surface area contributed by atoms with Crippen molar-refractivity contribution in [1.29, 1.82) is 5.26 Å². The van der Waals surface area contributed by atoms with Gasteiger partial charge in [0.05, 0.1) is 11.5 Å². The van der Waals surface area contributed by atoms with Gasteiger partial charge in [0, 0.05) is 0 Å². The Morgan fingerprint density at radius 3 is 2.17 bits per heavy atom. The summed E-state index contributed by atoms with van der Waals surface area (Å²) in [4.78, 5) is 0. The minimum Gasteiger partial charge on any atom is -0.198 e. The van der Waals surface area contributed by atoms with Crippen LogP contribution in [0.4, 0.5) is 0 Å². The van der Waals surface area contributed by atoms with Crippen molar-refractivity contribution in [3.8, 4) is 6.07 Å². The van der Waals surface area contributed by atoms with Crippen LogP contribution in [0, 0.1) is 16.7 Å². The van der Waals surface area contributed by atoms with E-state index in [1.165, 1.54) is 11.1 Å². The predicted octanol–water partition coefficient (Wildman–Crippen LogP) is 2.32. The van der Waals surface area contributed by atoms with E-state index < -0.39 is 0 Å². The Morgan fingerprint density at radius 2 is 1.75 bits per heavy atom. The molecule has 0 fully saturated rings. The Labute approximate surface area is 72.6 Å². The van der Waals surface area contributed by atoms with Gasteiger partial charge >= 0.3 is 0 Å². The van der Waals surface area contributed by atoms with Crippen LogP contribution in [-0.4, -0.2) is 0 Å². The molecule has 2 rings (SSSR count). The molecule has 0 unspecified atom stereocenters. The van der Waals surface area contributed by atoms with Gasteiger partial charge in [0.1, 0.15) is 0 Å². The Bertz CT molecular complexity index is 321. The summed E-state index contributed by atoms with van der Waals surface area (Å²) in [7, 11) is 0. The van der Waals surface area contributed by atoms with E-state index in [2.05, 4.69) is 18.2 Å². The summed E-state index contributed by atoms with van der Waals surface area (Å²) in [6.07, 6.45) is 1.83. The van der Waals surface area contributed by atoms with E-state index in [-0.39, 0.29) is 5.41 Å². The minimum absolute atomic E-state index is 0.149. The molecule has 1 nitrogen and oxygen atoms in total. The van der Waals surface area contributed by atoms with Crippen molar-refractivity contribution < 1.29 is 0 Å². The van der Waals surface area contributed by atoms with Crippen LogP contribution in [0.25, 0.3) is 0 Å². The molecule has 0 N–H and O–H groups in total. The van der Waals surface area contributed by atoms with E-state index >= 15 is 0 Å². The van der Waals surface area contributed by atoms with Gasteiger partial charge in [-0.1, -0.05) is 24.3 Å². The van der Waals surface area contributed by atoms with Crippen LogP contribution in [0.15, 0.2) is 24.3 Å². The molecule has 0 radical (unpaired) electrons. The van der Waals surface area contributed by atoms with E-state index in [4.69, 9.17) is 5.26 Å². The second-order valence-electron chi connectivity index (χ2n) is 3.79. The van der Waals surface area contributed by atoms with Gasteiger partial charge in [-0.15, -0.1) is 0 Å². The highest BCUT2D eigenvalue weighted by atomic mass is 14.4. The smallest absolute Gasteiger partial charge is 0.0693 e. The maximum Gasteiger partial charge on any atom is 0.0693 e. The molecule has 1 aliphatic rings. The molecule has 60 valence electrons. The Kier molecular flexibility index (Phi) is 1.44. The Morgan fingerprint density at radius 1 is 1.25 bits per heavy atom. The number of rotatable bonds is 0.